The molecule has 1 aliphatic carbocycles. The summed E-state index contributed by atoms with van der Waals surface area (Å²) in [5.41, 5.74) is 0. The van der Waals surface area contributed by atoms with Crippen LogP contribution < -0.4 is 5.32 Å². The van der Waals surface area contributed by atoms with Crippen molar-refractivity contribution in [1.29, 1.82) is 5.26 Å². The third kappa shape index (κ3) is 3.73. The van der Waals surface area contributed by atoms with Gasteiger partial charge in [-0.1, -0.05) is 19.3 Å². The van der Waals surface area contributed by atoms with Gasteiger partial charge < -0.3 is 10.2 Å². The van der Waals surface area contributed by atoms with Crippen LogP contribution in [0, 0.1) is 11.3 Å². The predicted molar refractivity (Wildman–Crippen MR) is 62.9 cm³/mol. The van der Waals surface area contributed by atoms with Crippen LogP contribution in [0.1, 0.15) is 45.4 Å². The molecular weight excluding hydrogens is 202 g/mol. The zero-order valence-electron chi connectivity index (χ0n) is 10.2. The Kier molecular flexibility index (Phi) is 5.10. The third-order valence-electron chi connectivity index (χ3n) is 3.30. The molecule has 0 aromatic heterocycles. The minimum atomic E-state index is -0.0466. The van der Waals surface area contributed by atoms with E-state index in [-0.39, 0.29) is 12.1 Å². The number of nitriles is 1. The van der Waals surface area contributed by atoms with Gasteiger partial charge in [0.1, 0.15) is 0 Å². The number of carbonyl (C=O) groups excluding carboxylic acids is 1. The van der Waals surface area contributed by atoms with E-state index in [0.29, 0.717) is 12.5 Å². The molecule has 1 unspecified atom stereocenters. The van der Waals surface area contributed by atoms with Crippen molar-refractivity contribution in [2.45, 2.75) is 57.5 Å². The Bertz CT molecular complexity index is 266. The molecule has 0 aliphatic heterocycles. The van der Waals surface area contributed by atoms with Crippen molar-refractivity contribution in [2.75, 3.05) is 7.05 Å². The number of rotatable bonds is 3. The molecule has 90 valence electrons. The van der Waals surface area contributed by atoms with Crippen LogP contribution in [-0.4, -0.2) is 30.1 Å². The number of hydrogen-bond donors (Lipinski definition) is 1. The Morgan fingerprint density at radius 3 is 2.69 bits per heavy atom. The quantitative estimate of drug-likeness (QED) is 0.798. The monoisotopic (exact) mass is 223 g/mol. The van der Waals surface area contributed by atoms with E-state index in [1.807, 2.05) is 6.92 Å². The molecule has 4 nitrogen and oxygen atoms in total. The van der Waals surface area contributed by atoms with Crippen molar-refractivity contribution in [2.24, 2.45) is 0 Å². The van der Waals surface area contributed by atoms with Gasteiger partial charge in [-0.15, -0.1) is 0 Å². The second-order valence-corrected chi connectivity index (χ2v) is 4.61. The lowest BCUT2D eigenvalue weighted by molar-refractivity contribution is 0.187. The maximum atomic E-state index is 11.8. The molecule has 0 aromatic carbocycles. The fraction of sp³-hybridized carbons (Fsp3) is 0.833. The summed E-state index contributed by atoms with van der Waals surface area (Å²) in [5.74, 6) is 0. The van der Waals surface area contributed by atoms with Gasteiger partial charge in [-0.2, -0.15) is 5.26 Å². The van der Waals surface area contributed by atoms with E-state index < -0.39 is 0 Å². The number of nitrogens with zero attached hydrogens (tertiary/aromatic N) is 2. The highest BCUT2D eigenvalue weighted by Crippen LogP contribution is 2.17. The van der Waals surface area contributed by atoms with Crippen LogP contribution in [-0.2, 0) is 0 Å². The lowest BCUT2D eigenvalue weighted by Crippen LogP contribution is -2.46. The lowest BCUT2D eigenvalue weighted by atomic mass is 9.96. The maximum absolute atomic E-state index is 11.8. The molecule has 0 saturated heterocycles. The van der Waals surface area contributed by atoms with Crippen molar-refractivity contribution in [3.8, 4) is 6.07 Å². The van der Waals surface area contributed by atoms with Gasteiger partial charge in [0.25, 0.3) is 0 Å². The second-order valence-electron chi connectivity index (χ2n) is 4.61. The molecule has 2 amide bonds. The summed E-state index contributed by atoms with van der Waals surface area (Å²) in [6, 6.07) is 2.35. The Hall–Kier alpha value is -1.24. The van der Waals surface area contributed by atoms with E-state index in [2.05, 4.69) is 11.4 Å². The molecule has 1 aliphatic rings. The number of amides is 2. The smallest absolute Gasteiger partial charge is 0.317 e. The van der Waals surface area contributed by atoms with E-state index in [1.54, 1.807) is 11.9 Å². The normalized spacial score (nSPS) is 18.6. The highest BCUT2D eigenvalue weighted by molar-refractivity contribution is 5.74. The summed E-state index contributed by atoms with van der Waals surface area (Å²) in [6.45, 7) is 1.89. The van der Waals surface area contributed by atoms with Crippen LogP contribution in [0.25, 0.3) is 0 Å². The van der Waals surface area contributed by atoms with Crippen molar-refractivity contribution in [3.05, 3.63) is 0 Å². The third-order valence-corrected chi connectivity index (χ3v) is 3.30. The summed E-state index contributed by atoms with van der Waals surface area (Å²) in [6.07, 6.45) is 6.27. The van der Waals surface area contributed by atoms with Gasteiger partial charge in [0.2, 0.25) is 0 Å². The summed E-state index contributed by atoms with van der Waals surface area (Å²) >= 11 is 0. The van der Waals surface area contributed by atoms with Crippen molar-refractivity contribution in [1.82, 2.24) is 10.2 Å². The minimum Gasteiger partial charge on any atom is -0.335 e. The standard InChI is InChI=1S/C12H21N3O/c1-10(8-9-13)15(2)12(16)14-11-6-4-3-5-7-11/h10-11H,3-8H2,1-2H3,(H,14,16). The van der Waals surface area contributed by atoms with Gasteiger partial charge in [0.15, 0.2) is 0 Å². The van der Waals surface area contributed by atoms with Crippen molar-refractivity contribution < 1.29 is 4.79 Å². The zero-order valence-corrected chi connectivity index (χ0v) is 10.2. The molecule has 1 saturated carbocycles. The molecule has 16 heavy (non-hydrogen) atoms. The fourth-order valence-electron chi connectivity index (χ4n) is 1.99. The second kappa shape index (κ2) is 6.37. The Labute approximate surface area is 97.6 Å². The number of hydrogen-bond acceptors (Lipinski definition) is 2. The van der Waals surface area contributed by atoms with E-state index in [9.17, 15) is 4.79 Å². The zero-order chi connectivity index (χ0) is 12.0. The van der Waals surface area contributed by atoms with E-state index >= 15 is 0 Å². The van der Waals surface area contributed by atoms with Crippen LogP contribution in [0.4, 0.5) is 4.79 Å². The molecule has 0 bridgehead atoms. The van der Waals surface area contributed by atoms with Crippen LogP contribution in [0.3, 0.4) is 0 Å². The fourth-order valence-corrected chi connectivity index (χ4v) is 1.99. The highest BCUT2D eigenvalue weighted by atomic mass is 16.2. The topological polar surface area (TPSA) is 56.1 Å². The molecule has 0 spiro atoms. The van der Waals surface area contributed by atoms with Gasteiger partial charge in [-0.05, 0) is 19.8 Å². The highest BCUT2D eigenvalue weighted by Gasteiger charge is 2.20. The first-order valence-electron chi connectivity index (χ1n) is 6.05. The Balaban J connectivity index is 2.35. The van der Waals surface area contributed by atoms with Gasteiger partial charge in [-0.25, -0.2) is 4.79 Å². The van der Waals surface area contributed by atoms with Crippen molar-refractivity contribution in [3.63, 3.8) is 0 Å². The molecule has 1 atom stereocenters. The first-order valence-corrected chi connectivity index (χ1v) is 6.05. The molecule has 4 heteroatoms. The van der Waals surface area contributed by atoms with E-state index in [4.69, 9.17) is 5.26 Å². The summed E-state index contributed by atoms with van der Waals surface area (Å²) in [4.78, 5) is 13.5. The molecule has 1 rings (SSSR count). The predicted octanol–water partition coefficient (Wildman–Crippen LogP) is 2.26. The number of urea groups is 1. The molecule has 1 fully saturated rings. The minimum absolute atomic E-state index is 0.0198. The number of nitrogens with one attached hydrogen (secondary N) is 1. The van der Waals surface area contributed by atoms with Gasteiger partial charge in [0, 0.05) is 19.1 Å². The van der Waals surface area contributed by atoms with Crippen LogP contribution in [0.5, 0.6) is 0 Å². The SMILES string of the molecule is CC(CC#N)N(C)C(=O)NC1CCCCC1. The largest absolute Gasteiger partial charge is 0.335 e. The van der Waals surface area contributed by atoms with Crippen LogP contribution in [0.15, 0.2) is 0 Å². The first kappa shape index (κ1) is 12.8. The van der Waals surface area contributed by atoms with E-state index in [1.165, 1.54) is 19.3 Å². The number of carbonyl (C=O) groups is 1. The molecule has 0 aromatic rings. The van der Waals surface area contributed by atoms with Crippen molar-refractivity contribution >= 4 is 6.03 Å². The molecule has 0 radical (unpaired) electrons. The van der Waals surface area contributed by atoms with Crippen LogP contribution >= 0.6 is 0 Å². The Morgan fingerprint density at radius 2 is 2.12 bits per heavy atom. The summed E-state index contributed by atoms with van der Waals surface area (Å²) in [7, 11) is 1.75. The van der Waals surface area contributed by atoms with Gasteiger partial charge >= 0.3 is 6.03 Å². The molecule has 0 heterocycles. The first-order chi connectivity index (χ1) is 7.65. The summed E-state index contributed by atoms with van der Waals surface area (Å²) < 4.78 is 0. The molecule has 1 N–H and O–H groups in total. The van der Waals surface area contributed by atoms with E-state index in [0.717, 1.165) is 12.8 Å². The molecular formula is C12H21N3O. The maximum Gasteiger partial charge on any atom is 0.317 e. The van der Waals surface area contributed by atoms with Gasteiger partial charge in [-0.3, -0.25) is 0 Å². The average Bonchev–Trinajstić information content (AvgIpc) is 2.29. The van der Waals surface area contributed by atoms with Crippen LogP contribution in [0.2, 0.25) is 0 Å². The average molecular weight is 223 g/mol. The lowest BCUT2D eigenvalue weighted by Gasteiger charge is -2.28. The Morgan fingerprint density at radius 1 is 1.50 bits per heavy atom. The van der Waals surface area contributed by atoms with Gasteiger partial charge in [0.05, 0.1) is 12.5 Å². The summed E-state index contributed by atoms with van der Waals surface area (Å²) in [5, 5.41) is 11.6.